The molecule has 0 N–H and O–H groups in total. The molecule has 2 aliphatic heterocycles. The minimum Gasteiger partial charge on any atom is -0.491 e. The molecule has 2 saturated heterocycles. The second-order valence-electron chi connectivity index (χ2n) is 11.5. The van der Waals surface area contributed by atoms with Gasteiger partial charge in [-0.05, 0) is 69.7 Å². The van der Waals surface area contributed by atoms with Crippen LogP contribution in [0.2, 0.25) is 0 Å². The van der Waals surface area contributed by atoms with Gasteiger partial charge in [0.25, 0.3) is 5.91 Å². The van der Waals surface area contributed by atoms with Crippen LogP contribution in [0.15, 0.2) is 29.4 Å². The Morgan fingerprint density at radius 2 is 1.97 bits per heavy atom. The van der Waals surface area contributed by atoms with E-state index in [0.29, 0.717) is 30.6 Å². The van der Waals surface area contributed by atoms with Gasteiger partial charge in [0, 0.05) is 29.8 Å². The molecule has 0 bridgehead atoms. The second kappa shape index (κ2) is 11.5. The first-order chi connectivity index (χ1) is 17.8. The highest BCUT2D eigenvalue weighted by molar-refractivity contribution is 7.09. The number of rotatable bonds is 7. The topological polar surface area (TPSA) is 56.1 Å². The van der Waals surface area contributed by atoms with Crippen molar-refractivity contribution in [3.05, 3.63) is 45.2 Å². The molecule has 6 nitrogen and oxygen atoms in total. The zero-order valence-corrected chi connectivity index (χ0v) is 23.6. The van der Waals surface area contributed by atoms with Gasteiger partial charge in [0.15, 0.2) is 4.80 Å². The Morgan fingerprint density at radius 1 is 1.21 bits per heavy atom. The summed E-state index contributed by atoms with van der Waals surface area (Å²) >= 11 is 1.38. The summed E-state index contributed by atoms with van der Waals surface area (Å²) < 4.78 is 54.4. The monoisotopic (exact) mass is 553 g/mol. The zero-order chi connectivity index (χ0) is 27.7. The molecule has 0 spiro atoms. The molecule has 3 heterocycles. The zero-order valence-electron chi connectivity index (χ0n) is 22.8. The van der Waals surface area contributed by atoms with Crippen molar-refractivity contribution >= 4 is 17.2 Å². The molecule has 0 unspecified atom stereocenters. The molecule has 1 aromatic carbocycles. The number of nitrogens with zero attached hydrogens (tertiary/aromatic N) is 3. The van der Waals surface area contributed by atoms with E-state index in [1.165, 1.54) is 17.4 Å². The normalized spacial score (nSPS) is 21.6. The van der Waals surface area contributed by atoms with Crippen molar-refractivity contribution in [2.24, 2.45) is 4.99 Å². The van der Waals surface area contributed by atoms with Gasteiger partial charge in [-0.15, -0.1) is 11.3 Å². The maximum atomic E-state index is 13.6. The van der Waals surface area contributed by atoms with Crippen molar-refractivity contribution in [2.45, 2.75) is 96.6 Å². The summed E-state index contributed by atoms with van der Waals surface area (Å²) in [6, 6.07) is 3.55. The highest BCUT2D eigenvalue weighted by atomic mass is 32.1. The van der Waals surface area contributed by atoms with E-state index in [1.807, 2.05) is 10.8 Å². The molecule has 38 heavy (non-hydrogen) atoms. The molecular formula is C28H38F3N3O3S. The van der Waals surface area contributed by atoms with Crippen LogP contribution in [0, 0.1) is 0 Å². The van der Waals surface area contributed by atoms with E-state index in [1.54, 1.807) is 0 Å². The first-order valence-corrected chi connectivity index (χ1v) is 14.2. The Labute approximate surface area is 226 Å². The smallest absolute Gasteiger partial charge is 0.416 e. The lowest BCUT2D eigenvalue weighted by Crippen LogP contribution is -2.39. The number of thiazole rings is 1. The summed E-state index contributed by atoms with van der Waals surface area (Å²) in [5, 5.41) is 0. The number of carbonyl (C=O) groups excluding carboxylic acids is 1. The molecule has 2 aromatic rings. The predicted octanol–water partition coefficient (Wildman–Crippen LogP) is 6.04. The third-order valence-electron chi connectivity index (χ3n) is 7.14. The van der Waals surface area contributed by atoms with Gasteiger partial charge in [-0.25, -0.2) is 0 Å². The molecular weight excluding hydrogens is 515 g/mol. The van der Waals surface area contributed by atoms with Gasteiger partial charge in [0.2, 0.25) is 0 Å². The molecule has 210 valence electrons. The van der Waals surface area contributed by atoms with Gasteiger partial charge in [-0.2, -0.15) is 18.2 Å². The van der Waals surface area contributed by atoms with E-state index in [-0.39, 0.29) is 28.9 Å². The summed E-state index contributed by atoms with van der Waals surface area (Å²) in [4.78, 5) is 21.6. The Bertz CT molecular complexity index is 1190. The number of ether oxygens (including phenoxy) is 2. The van der Waals surface area contributed by atoms with Crippen LogP contribution in [-0.2, 0) is 22.9 Å². The number of halogens is 3. The lowest BCUT2D eigenvalue weighted by atomic mass is 9.95. The molecule has 0 saturated carbocycles. The molecule has 2 aliphatic rings. The predicted molar refractivity (Wildman–Crippen MR) is 142 cm³/mol. The van der Waals surface area contributed by atoms with Crippen LogP contribution in [0.4, 0.5) is 13.2 Å². The molecule has 0 radical (unpaired) electrons. The van der Waals surface area contributed by atoms with Crippen molar-refractivity contribution in [3.8, 4) is 5.75 Å². The Morgan fingerprint density at radius 3 is 2.61 bits per heavy atom. The van der Waals surface area contributed by atoms with Crippen molar-refractivity contribution in [1.29, 1.82) is 0 Å². The molecule has 10 heteroatoms. The van der Waals surface area contributed by atoms with Crippen molar-refractivity contribution in [1.82, 2.24) is 9.47 Å². The number of carbonyl (C=O) groups is 1. The molecule has 4 rings (SSSR count). The standard InChI is InChI=1S/C28H38F3N3O3S/c1-18(2)34-12-6-8-20(34)17-37-23-11-10-19(28(29,30)31)14-22(23)25(35)32-26-33(15-21-9-7-13-36-21)16-24(38-26)27(3,4)5/h10-11,14,16,18,20-21H,6-9,12-13,15,17H2,1-5H3/t20-,21+/m0/s1. The Hall–Kier alpha value is -2.17. The Kier molecular flexibility index (Phi) is 8.74. The third-order valence-corrected chi connectivity index (χ3v) is 8.58. The molecule has 0 aliphatic carbocycles. The maximum absolute atomic E-state index is 13.6. The van der Waals surface area contributed by atoms with Crippen molar-refractivity contribution in [3.63, 3.8) is 0 Å². The van der Waals surface area contributed by atoms with Gasteiger partial charge in [-0.3, -0.25) is 9.69 Å². The van der Waals surface area contributed by atoms with Gasteiger partial charge in [0.1, 0.15) is 12.4 Å². The molecule has 2 fully saturated rings. The largest absolute Gasteiger partial charge is 0.491 e. The number of hydrogen-bond acceptors (Lipinski definition) is 5. The van der Waals surface area contributed by atoms with Crippen LogP contribution in [0.3, 0.4) is 0 Å². The van der Waals surface area contributed by atoms with Crippen molar-refractivity contribution in [2.75, 3.05) is 19.8 Å². The van der Waals surface area contributed by atoms with Crippen LogP contribution in [0.1, 0.15) is 81.1 Å². The SMILES string of the molecule is CC(C)N1CCC[C@H]1COc1ccc(C(F)(F)F)cc1C(=O)N=c1sc(C(C)(C)C)cn1C[C@H]1CCCO1. The van der Waals surface area contributed by atoms with Gasteiger partial charge < -0.3 is 14.0 Å². The van der Waals surface area contributed by atoms with Gasteiger partial charge in [-0.1, -0.05) is 20.8 Å². The molecule has 1 amide bonds. The fourth-order valence-electron chi connectivity index (χ4n) is 5.00. The van der Waals surface area contributed by atoms with Crippen LogP contribution in [0.5, 0.6) is 5.75 Å². The van der Waals surface area contributed by atoms with E-state index < -0.39 is 17.6 Å². The quantitative estimate of drug-likeness (QED) is 0.420. The van der Waals surface area contributed by atoms with E-state index >= 15 is 0 Å². The maximum Gasteiger partial charge on any atom is 0.416 e. The fourth-order valence-corrected chi connectivity index (χ4v) is 6.06. The summed E-state index contributed by atoms with van der Waals surface area (Å²) in [6.07, 6.45) is 1.29. The van der Waals surface area contributed by atoms with E-state index in [9.17, 15) is 18.0 Å². The van der Waals surface area contributed by atoms with Crippen molar-refractivity contribution < 1.29 is 27.4 Å². The van der Waals surface area contributed by atoms with Gasteiger partial charge in [0.05, 0.1) is 23.8 Å². The second-order valence-corrected chi connectivity index (χ2v) is 12.5. The summed E-state index contributed by atoms with van der Waals surface area (Å²) in [5.41, 5.74) is -1.25. The number of likely N-dealkylation sites (tertiary alicyclic amines) is 1. The average Bonchev–Trinajstić information content (AvgIpc) is 3.58. The number of aromatic nitrogens is 1. The summed E-state index contributed by atoms with van der Waals surface area (Å²) in [7, 11) is 0. The first kappa shape index (κ1) is 28.8. The summed E-state index contributed by atoms with van der Waals surface area (Å²) in [5.74, 6) is -0.623. The molecule has 2 atom stereocenters. The highest BCUT2D eigenvalue weighted by Gasteiger charge is 2.33. The summed E-state index contributed by atoms with van der Waals surface area (Å²) in [6.45, 7) is 12.9. The number of benzene rings is 1. The number of hydrogen-bond donors (Lipinski definition) is 0. The average molecular weight is 554 g/mol. The van der Waals surface area contributed by atoms with Crippen LogP contribution in [0.25, 0.3) is 0 Å². The first-order valence-electron chi connectivity index (χ1n) is 13.3. The van der Waals surface area contributed by atoms with Crippen LogP contribution in [-0.4, -0.2) is 53.3 Å². The van der Waals surface area contributed by atoms with Gasteiger partial charge >= 0.3 is 6.18 Å². The fraction of sp³-hybridized carbons (Fsp3) is 0.643. The lowest BCUT2D eigenvalue weighted by Gasteiger charge is -2.28. The van der Waals surface area contributed by atoms with Crippen LogP contribution >= 0.6 is 11.3 Å². The van der Waals surface area contributed by atoms with E-state index in [2.05, 4.69) is 44.5 Å². The van der Waals surface area contributed by atoms with E-state index in [4.69, 9.17) is 9.47 Å². The number of alkyl halides is 3. The minimum absolute atomic E-state index is 0.0224. The third kappa shape index (κ3) is 6.87. The number of amides is 1. The lowest BCUT2D eigenvalue weighted by molar-refractivity contribution is -0.137. The molecule has 1 aromatic heterocycles. The highest BCUT2D eigenvalue weighted by Crippen LogP contribution is 2.33. The Balaban J connectivity index is 1.68. The van der Waals surface area contributed by atoms with Crippen LogP contribution < -0.4 is 9.54 Å². The van der Waals surface area contributed by atoms with E-state index in [0.717, 1.165) is 49.2 Å². The minimum atomic E-state index is -4.59.